The Morgan fingerprint density at radius 3 is 2.25 bits per heavy atom. The smallest absolute Gasteiger partial charge is 0.306 e. The largest absolute Gasteiger partial charge is 0.481 e. The molecule has 1 N–H and O–H groups in total. The van der Waals surface area contributed by atoms with Gasteiger partial charge in [-0.2, -0.15) is 0 Å². The fraction of sp³-hybridized carbons (Fsp3) is 0.533. The van der Waals surface area contributed by atoms with Gasteiger partial charge in [0, 0.05) is 18.7 Å². The zero-order chi connectivity index (χ0) is 14.7. The Bertz CT molecular complexity index is 465. The highest BCUT2D eigenvalue weighted by Gasteiger charge is 2.27. The Morgan fingerprint density at radius 2 is 1.75 bits per heavy atom. The van der Waals surface area contributed by atoms with Crippen molar-refractivity contribution in [1.29, 1.82) is 0 Å². The third kappa shape index (κ3) is 3.76. The molecular formula is C15H19F2NO2. The molecule has 0 atom stereocenters. The average Bonchev–Trinajstić information content (AvgIpc) is 2.37. The molecule has 0 bridgehead atoms. The summed E-state index contributed by atoms with van der Waals surface area (Å²) in [5, 5.41) is 8.96. The van der Waals surface area contributed by atoms with E-state index in [1.54, 1.807) is 0 Å². The number of carboxylic acids is 1. The highest BCUT2D eigenvalue weighted by atomic mass is 19.1. The van der Waals surface area contributed by atoms with Gasteiger partial charge in [-0.05, 0) is 50.4 Å². The normalized spacial score (nSPS) is 23.0. The molecule has 3 nitrogen and oxygen atoms in total. The summed E-state index contributed by atoms with van der Waals surface area (Å²) >= 11 is 0. The van der Waals surface area contributed by atoms with Crippen LogP contribution in [0.1, 0.15) is 31.2 Å². The lowest BCUT2D eigenvalue weighted by atomic mass is 9.85. The van der Waals surface area contributed by atoms with Gasteiger partial charge in [-0.15, -0.1) is 0 Å². The van der Waals surface area contributed by atoms with Gasteiger partial charge in [-0.25, -0.2) is 8.78 Å². The van der Waals surface area contributed by atoms with Crippen molar-refractivity contribution in [3.05, 3.63) is 35.4 Å². The van der Waals surface area contributed by atoms with Crippen molar-refractivity contribution in [1.82, 2.24) is 4.90 Å². The number of carbonyl (C=O) groups is 1. The standard InChI is InChI=1S/C15H19F2NO2/c1-18(9-10-6-12(16)8-13(17)7-10)14-4-2-11(3-5-14)15(19)20/h6-8,11,14H,2-5,9H2,1H3,(H,19,20). The molecule has 0 aliphatic heterocycles. The van der Waals surface area contributed by atoms with Crippen molar-refractivity contribution in [2.45, 2.75) is 38.3 Å². The van der Waals surface area contributed by atoms with Gasteiger partial charge in [-0.1, -0.05) is 0 Å². The molecule has 0 aromatic heterocycles. The molecule has 0 saturated heterocycles. The second-order valence-corrected chi connectivity index (χ2v) is 5.54. The molecule has 2 rings (SSSR count). The van der Waals surface area contributed by atoms with Crippen LogP contribution in [0.5, 0.6) is 0 Å². The minimum absolute atomic E-state index is 0.244. The Balaban J connectivity index is 1.92. The van der Waals surface area contributed by atoms with Crippen LogP contribution in [-0.4, -0.2) is 29.1 Å². The van der Waals surface area contributed by atoms with Crippen LogP contribution in [0.3, 0.4) is 0 Å². The maximum atomic E-state index is 13.1. The molecule has 1 saturated carbocycles. The van der Waals surface area contributed by atoms with Crippen molar-refractivity contribution in [3.8, 4) is 0 Å². The van der Waals surface area contributed by atoms with Gasteiger partial charge in [0.2, 0.25) is 0 Å². The molecular weight excluding hydrogens is 264 g/mol. The van der Waals surface area contributed by atoms with Crippen LogP contribution in [0.4, 0.5) is 8.78 Å². The van der Waals surface area contributed by atoms with Crippen LogP contribution < -0.4 is 0 Å². The predicted molar refractivity (Wildman–Crippen MR) is 71.2 cm³/mol. The molecule has 0 unspecified atom stereocenters. The molecule has 110 valence electrons. The molecule has 0 spiro atoms. The van der Waals surface area contributed by atoms with Gasteiger partial charge < -0.3 is 5.11 Å². The molecule has 0 amide bonds. The molecule has 0 heterocycles. The van der Waals surface area contributed by atoms with Crippen LogP contribution in [0.25, 0.3) is 0 Å². The Morgan fingerprint density at radius 1 is 1.20 bits per heavy atom. The Hall–Kier alpha value is -1.49. The van der Waals surface area contributed by atoms with Gasteiger partial charge in [0.25, 0.3) is 0 Å². The fourth-order valence-electron chi connectivity index (χ4n) is 2.88. The number of benzene rings is 1. The highest BCUT2D eigenvalue weighted by molar-refractivity contribution is 5.70. The topological polar surface area (TPSA) is 40.5 Å². The van der Waals surface area contributed by atoms with Crippen molar-refractivity contribution in [3.63, 3.8) is 0 Å². The minimum Gasteiger partial charge on any atom is -0.481 e. The summed E-state index contributed by atoms with van der Waals surface area (Å²) in [5.41, 5.74) is 0.602. The van der Waals surface area contributed by atoms with Crippen LogP contribution in [0.2, 0.25) is 0 Å². The number of nitrogens with zero attached hydrogens (tertiary/aromatic N) is 1. The van der Waals surface area contributed by atoms with Crippen LogP contribution in [-0.2, 0) is 11.3 Å². The summed E-state index contributed by atoms with van der Waals surface area (Å²) in [6, 6.07) is 3.81. The first-order chi connectivity index (χ1) is 9.45. The lowest BCUT2D eigenvalue weighted by Crippen LogP contribution is -2.36. The predicted octanol–water partition coefficient (Wildman–Crippen LogP) is 3.04. The molecule has 1 aromatic rings. The third-order valence-electron chi connectivity index (χ3n) is 4.02. The first kappa shape index (κ1) is 14.9. The number of aliphatic carboxylic acids is 1. The van der Waals surface area contributed by atoms with Gasteiger partial charge in [-0.3, -0.25) is 9.69 Å². The summed E-state index contributed by atoms with van der Waals surface area (Å²) in [5.74, 6) is -2.10. The summed E-state index contributed by atoms with van der Waals surface area (Å²) in [7, 11) is 1.91. The van der Waals surface area contributed by atoms with E-state index < -0.39 is 17.6 Å². The first-order valence-electron chi connectivity index (χ1n) is 6.83. The van der Waals surface area contributed by atoms with E-state index in [4.69, 9.17) is 5.11 Å². The quantitative estimate of drug-likeness (QED) is 0.923. The molecule has 1 aliphatic rings. The third-order valence-corrected chi connectivity index (χ3v) is 4.02. The average molecular weight is 283 g/mol. The number of hydrogen-bond donors (Lipinski definition) is 1. The summed E-state index contributed by atoms with van der Waals surface area (Å²) in [4.78, 5) is 12.9. The molecule has 1 aromatic carbocycles. The number of halogens is 2. The lowest BCUT2D eigenvalue weighted by Gasteiger charge is -2.33. The number of carboxylic acid groups (broad SMARTS) is 1. The number of hydrogen-bond acceptors (Lipinski definition) is 2. The SMILES string of the molecule is CN(Cc1cc(F)cc(F)c1)C1CCC(C(=O)O)CC1. The zero-order valence-corrected chi connectivity index (χ0v) is 11.5. The Labute approximate surface area is 117 Å². The zero-order valence-electron chi connectivity index (χ0n) is 11.5. The van der Waals surface area contributed by atoms with E-state index in [0.29, 0.717) is 24.9 Å². The maximum absolute atomic E-state index is 13.1. The van der Waals surface area contributed by atoms with Gasteiger partial charge in [0.05, 0.1) is 5.92 Å². The molecule has 0 radical (unpaired) electrons. The van der Waals surface area contributed by atoms with Crippen molar-refractivity contribution >= 4 is 5.97 Å². The van der Waals surface area contributed by atoms with E-state index in [9.17, 15) is 13.6 Å². The van der Waals surface area contributed by atoms with E-state index in [0.717, 1.165) is 18.9 Å². The van der Waals surface area contributed by atoms with Crippen LogP contribution >= 0.6 is 0 Å². The lowest BCUT2D eigenvalue weighted by molar-refractivity contribution is -0.143. The fourth-order valence-corrected chi connectivity index (χ4v) is 2.88. The van der Waals surface area contributed by atoms with E-state index in [1.165, 1.54) is 12.1 Å². The Kier molecular flexibility index (Phi) is 4.70. The van der Waals surface area contributed by atoms with Gasteiger partial charge in [0.15, 0.2) is 0 Å². The summed E-state index contributed by atoms with van der Waals surface area (Å²) in [6.45, 7) is 0.469. The second-order valence-electron chi connectivity index (χ2n) is 5.54. The van der Waals surface area contributed by atoms with Crippen molar-refractivity contribution < 1.29 is 18.7 Å². The van der Waals surface area contributed by atoms with E-state index in [2.05, 4.69) is 0 Å². The van der Waals surface area contributed by atoms with Crippen LogP contribution in [0.15, 0.2) is 18.2 Å². The van der Waals surface area contributed by atoms with E-state index >= 15 is 0 Å². The van der Waals surface area contributed by atoms with Crippen molar-refractivity contribution in [2.24, 2.45) is 5.92 Å². The van der Waals surface area contributed by atoms with Crippen molar-refractivity contribution in [2.75, 3.05) is 7.05 Å². The molecule has 20 heavy (non-hydrogen) atoms. The van der Waals surface area contributed by atoms with E-state index in [1.807, 2.05) is 11.9 Å². The minimum atomic E-state index is -0.724. The maximum Gasteiger partial charge on any atom is 0.306 e. The summed E-state index contributed by atoms with van der Waals surface area (Å²) < 4.78 is 26.3. The van der Waals surface area contributed by atoms with Gasteiger partial charge in [0.1, 0.15) is 11.6 Å². The molecule has 1 aliphatic carbocycles. The van der Waals surface area contributed by atoms with Crippen LogP contribution in [0, 0.1) is 17.6 Å². The molecule has 1 fully saturated rings. The second kappa shape index (κ2) is 6.31. The van der Waals surface area contributed by atoms with E-state index in [-0.39, 0.29) is 12.0 Å². The highest BCUT2D eigenvalue weighted by Crippen LogP contribution is 2.28. The summed E-state index contributed by atoms with van der Waals surface area (Å²) in [6.07, 6.45) is 2.96. The molecule has 5 heteroatoms. The monoisotopic (exact) mass is 283 g/mol. The van der Waals surface area contributed by atoms with Gasteiger partial charge >= 0.3 is 5.97 Å². The number of rotatable bonds is 4. The first-order valence-corrected chi connectivity index (χ1v) is 6.83.